The minimum absolute atomic E-state index is 0.334. The number of aromatic nitrogens is 5. The summed E-state index contributed by atoms with van der Waals surface area (Å²) in [6.07, 6.45) is 1.77. The summed E-state index contributed by atoms with van der Waals surface area (Å²) < 4.78 is 12.3. The molecule has 0 bridgehead atoms. The summed E-state index contributed by atoms with van der Waals surface area (Å²) in [7, 11) is 0. The number of hydrogen-bond acceptors (Lipinski definition) is 7. The summed E-state index contributed by atoms with van der Waals surface area (Å²) in [5.41, 5.74) is 1.63. The van der Waals surface area contributed by atoms with Crippen molar-refractivity contribution in [3.05, 3.63) is 52.4 Å². The second-order valence-electron chi connectivity index (χ2n) is 5.30. The van der Waals surface area contributed by atoms with Gasteiger partial charge < -0.3 is 9.15 Å². The second kappa shape index (κ2) is 5.73. The van der Waals surface area contributed by atoms with Crippen molar-refractivity contribution in [2.24, 2.45) is 0 Å². The van der Waals surface area contributed by atoms with Gasteiger partial charge in [0.2, 0.25) is 5.88 Å². The molecule has 0 amide bonds. The van der Waals surface area contributed by atoms with Crippen LogP contribution < -0.4 is 10.4 Å². The van der Waals surface area contributed by atoms with E-state index in [4.69, 9.17) is 9.15 Å². The highest BCUT2D eigenvalue weighted by Crippen LogP contribution is 2.26. The van der Waals surface area contributed by atoms with E-state index in [1.54, 1.807) is 24.3 Å². The van der Waals surface area contributed by atoms with Crippen LogP contribution in [0, 0.1) is 0 Å². The molecule has 0 fully saturated rings. The third-order valence-electron chi connectivity index (χ3n) is 3.59. The van der Waals surface area contributed by atoms with Crippen LogP contribution in [-0.4, -0.2) is 25.3 Å². The number of ether oxygens (including phenoxy) is 1. The fraction of sp³-hybridized carbons (Fsp3) is 0.188. The lowest BCUT2D eigenvalue weighted by Gasteiger charge is -2.07. The van der Waals surface area contributed by atoms with Crippen molar-refractivity contribution in [1.82, 2.24) is 25.3 Å². The molecular weight excluding hydrogens is 310 g/mol. The molecule has 0 aliphatic rings. The quantitative estimate of drug-likeness (QED) is 0.532. The predicted molar refractivity (Wildman–Crippen MR) is 85.1 cm³/mol. The highest BCUT2D eigenvalue weighted by Gasteiger charge is 2.08. The molecule has 1 aromatic carbocycles. The van der Waals surface area contributed by atoms with Gasteiger partial charge in [0, 0.05) is 23.6 Å². The van der Waals surface area contributed by atoms with E-state index in [1.807, 2.05) is 12.1 Å². The van der Waals surface area contributed by atoms with E-state index >= 15 is 0 Å². The zero-order valence-corrected chi connectivity index (χ0v) is 12.8. The monoisotopic (exact) mass is 323 g/mol. The Bertz CT molecular complexity index is 1090. The molecule has 0 saturated carbocycles. The van der Waals surface area contributed by atoms with Crippen LogP contribution in [-0.2, 0) is 6.42 Å². The fourth-order valence-electron chi connectivity index (χ4n) is 2.56. The van der Waals surface area contributed by atoms with Gasteiger partial charge in [-0.15, -0.1) is 14.8 Å². The number of tetrazole rings is 1. The third-order valence-corrected chi connectivity index (χ3v) is 3.59. The normalized spacial score (nSPS) is 11.2. The molecule has 0 N–H and O–H groups in total. The van der Waals surface area contributed by atoms with E-state index in [9.17, 15) is 4.79 Å². The molecule has 24 heavy (non-hydrogen) atoms. The minimum atomic E-state index is -0.365. The largest absolute Gasteiger partial charge is 0.437 e. The third kappa shape index (κ3) is 2.58. The Labute approximate surface area is 135 Å². The van der Waals surface area contributed by atoms with Crippen LogP contribution in [0.4, 0.5) is 0 Å². The standard InChI is InChI=1S/C16H13N5O3/c1-2-3-10-8-16(22)24-13-9-11(4-5-12(10)13)23-15-7-6-14-17-19-20-21(14)18-15/h4-9H,2-3H2,1H3. The van der Waals surface area contributed by atoms with Crippen molar-refractivity contribution in [1.29, 1.82) is 0 Å². The maximum Gasteiger partial charge on any atom is 0.336 e. The van der Waals surface area contributed by atoms with Crippen LogP contribution in [0.2, 0.25) is 0 Å². The van der Waals surface area contributed by atoms with Crippen molar-refractivity contribution in [2.75, 3.05) is 0 Å². The van der Waals surface area contributed by atoms with Gasteiger partial charge in [-0.05, 0) is 40.6 Å². The van der Waals surface area contributed by atoms with Gasteiger partial charge in [0.1, 0.15) is 11.3 Å². The van der Waals surface area contributed by atoms with Gasteiger partial charge in [0.05, 0.1) is 0 Å². The maximum atomic E-state index is 11.7. The first-order chi connectivity index (χ1) is 11.7. The summed E-state index contributed by atoms with van der Waals surface area (Å²) >= 11 is 0. The summed E-state index contributed by atoms with van der Waals surface area (Å²) in [5.74, 6) is 0.848. The number of fused-ring (bicyclic) bond motifs is 2. The fourth-order valence-corrected chi connectivity index (χ4v) is 2.56. The Kier molecular flexibility index (Phi) is 3.42. The van der Waals surface area contributed by atoms with Crippen molar-refractivity contribution < 1.29 is 9.15 Å². The van der Waals surface area contributed by atoms with Gasteiger partial charge >= 0.3 is 5.63 Å². The molecular formula is C16H13N5O3. The van der Waals surface area contributed by atoms with E-state index in [1.165, 1.54) is 4.63 Å². The van der Waals surface area contributed by atoms with E-state index in [0.29, 0.717) is 22.9 Å². The Hall–Kier alpha value is -3.29. The Balaban J connectivity index is 1.72. The van der Waals surface area contributed by atoms with Crippen LogP contribution in [0.3, 0.4) is 0 Å². The van der Waals surface area contributed by atoms with Gasteiger partial charge in [-0.2, -0.15) is 0 Å². The molecule has 3 aromatic heterocycles. The lowest BCUT2D eigenvalue weighted by Crippen LogP contribution is -2.01. The molecule has 8 heteroatoms. The summed E-state index contributed by atoms with van der Waals surface area (Å²) in [4.78, 5) is 11.7. The first kappa shape index (κ1) is 14.3. The topological polar surface area (TPSA) is 95.4 Å². The first-order valence-electron chi connectivity index (χ1n) is 7.53. The van der Waals surface area contributed by atoms with Crippen LogP contribution in [0.1, 0.15) is 18.9 Å². The van der Waals surface area contributed by atoms with Crippen molar-refractivity contribution in [3.63, 3.8) is 0 Å². The molecule has 3 heterocycles. The van der Waals surface area contributed by atoms with Crippen LogP contribution in [0.15, 0.2) is 45.6 Å². The Morgan fingerprint density at radius 2 is 2.12 bits per heavy atom. The lowest BCUT2D eigenvalue weighted by atomic mass is 10.1. The SMILES string of the molecule is CCCc1cc(=O)oc2cc(Oc3ccc4nnnn4n3)ccc12. The smallest absolute Gasteiger partial charge is 0.336 e. The molecule has 0 aliphatic heterocycles. The number of nitrogens with zero attached hydrogens (tertiary/aromatic N) is 5. The Morgan fingerprint density at radius 1 is 1.21 bits per heavy atom. The van der Waals surface area contributed by atoms with E-state index < -0.39 is 0 Å². The number of aryl methyl sites for hydroxylation is 1. The molecule has 0 radical (unpaired) electrons. The number of benzene rings is 1. The average Bonchev–Trinajstić information content (AvgIpc) is 3.02. The Morgan fingerprint density at radius 3 is 3.00 bits per heavy atom. The van der Waals surface area contributed by atoms with Crippen molar-refractivity contribution >= 4 is 16.6 Å². The molecule has 0 spiro atoms. The molecule has 120 valence electrons. The molecule has 4 aromatic rings. The zero-order valence-electron chi connectivity index (χ0n) is 12.8. The van der Waals surface area contributed by atoms with Crippen LogP contribution in [0.5, 0.6) is 11.6 Å². The lowest BCUT2D eigenvalue weighted by molar-refractivity contribution is 0.446. The zero-order chi connectivity index (χ0) is 16.5. The number of hydrogen-bond donors (Lipinski definition) is 0. The predicted octanol–water partition coefficient (Wildman–Crippen LogP) is 2.37. The van der Waals surface area contributed by atoms with Crippen molar-refractivity contribution in [2.45, 2.75) is 19.8 Å². The highest BCUT2D eigenvalue weighted by molar-refractivity contribution is 5.81. The first-order valence-corrected chi connectivity index (χ1v) is 7.53. The average molecular weight is 323 g/mol. The van der Waals surface area contributed by atoms with E-state index in [-0.39, 0.29) is 5.63 Å². The van der Waals surface area contributed by atoms with Gasteiger partial charge in [-0.1, -0.05) is 13.3 Å². The van der Waals surface area contributed by atoms with E-state index in [0.717, 1.165) is 23.8 Å². The molecule has 4 rings (SSSR count). The summed E-state index contributed by atoms with van der Waals surface area (Å²) in [5, 5.41) is 16.1. The van der Waals surface area contributed by atoms with E-state index in [2.05, 4.69) is 27.5 Å². The highest BCUT2D eigenvalue weighted by atomic mass is 16.5. The van der Waals surface area contributed by atoms with Crippen LogP contribution >= 0.6 is 0 Å². The van der Waals surface area contributed by atoms with Gasteiger partial charge in [-0.25, -0.2) is 4.79 Å². The molecule has 0 unspecified atom stereocenters. The maximum absolute atomic E-state index is 11.7. The van der Waals surface area contributed by atoms with Gasteiger partial charge in [0.15, 0.2) is 5.65 Å². The summed E-state index contributed by atoms with van der Waals surface area (Å²) in [6, 6.07) is 10.3. The van der Waals surface area contributed by atoms with Gasteiger partial charge in [-0.3, -0.25) is 0 Å². The van der Waals surface area contributed by atoms with Gasteiger partial charge in [0.25, 0.3) is 0 Å². The second-order valence-corrected chi connectivity index (χ2v) is 5.30. The summed E-state index contributed by atoms with van der Waals surface area (Å²) in [6.45, 7) is 2.07. The molecule has 0 aliphatic carbocycles. The number of rotatable bonds is 4. The molecule has 0 saturated heterocycles. The molecule has 0 atom stereocenters. The van der Waals surface area contributed by atoms with Crippen LogP contribution in [0.25, 0.3) is 16.6 Å². The van der Waals surface area contributed by atoms with Crippen molar-refractivity contribution in [3.8, 4) is 11.6 Å². The molecule has 8 nitrogen and oxygen atoms in total. The minimum Gasteiger partial charge on any atom is -0.437 e.